The predicted molar refractivity (Wildman–Crippen MR) is 99.1 cm³/mol. The molecule has 1 aliphatic rings. The highest BCUT2D eigenvalue weighted by Gasteiger charge is 2.23. The summed E-state index contributed by atoms with van der Waals surface area (Å²) in [5.74, 6) is 0.802. The Hall–Kier alpha value is -3.55. The fraction of sp³-hybridized carbons (Fsp3) is 0.150. The van der Waals surface area contributed by atoms with Gasteiger partial charge in [-0.1, -0.05) is 12.1 Å². The lowest BCUT2D eigenvalue weighted by molar-refractivity contribution is 0.273. The van der Waals surface area contributed by atoms with Crippen LogP contribution < -0.4 is 10.1 Å². The molecule has 140 valence electrons. The first kappa shape index (κ1) is 16.6. The molecular formula is C20H15F2N5O. The Bertz CT molecular complexity index is 1180. The number of fused-ring (bicyclic) bond motifs is 2. The van der Waals surface area contributed by atoms with Crippen molar-refractivity contribution in [3.63, 3.8) is 0 Å². The molecule has 5 rings (SSSR count). The van der Waals surface area contributed by atoms with Crippen LogP contribution in [0.5, 0.6) is 5.75 Å². The Balaban J connectivity index is 1.53. The minimum Gasteiger partial charge on any atom is -0.493 e. The number of nitrogens with one attached hydrogen (secondary N) is 1. The fourth-order valence-electron chi connectivity index (χ4n) is 3.37. The highest BCUT2D eigenvalue weighted by molar-refractivity contribution is 5.60. The molecule has 2 aromatic heterocycles. The van der Waals surface area contributed by atoms with Crippen LogP contribution in [0.25, 0.3) is 17.0 Å². The molecule has 0 saturated heterocycles. The maximum atomic E-state index is 14.2. The molecule has 0 amide bonds. The molecule has 6 nitrogen and oxygen atoms in total. The number of rotatable bonds is 3. The maximum Gasteiger partial charge on any atom is 0.188 e. The summed E-state index contributed by atoms with van der Waals surface area (Å²) in [7, 11) is 0. The minimum absolute atomic E-state index is 0.155. The Morgan fingerprint density at radius 2 is 1.93 bits per heavy atom. The van der Waals surface area contributed by atoms with Gasteiger partial charge in [-0.2, -0.15) is 4.52 Å². The van der Waals surface area contributed by atoms with Crippen molar-refractivity contribution in [1.29, 1.82) is 0 Å². The topological polar surface area (TPSA) is 64.3 Å². The molecule has 1 atom stereocenters. The van der Waals surface area contributed by atoms with E-state index in [0.717, 1.165) is 5.56 Å². The van der Waals surface area contributed by atoms with Gasteiger partial charge in [0.1, 0.15) is 23.2 Å². The monoisotopic (exact) mass is 379 g/mol. The third-order valence-corrected chi connectivity index (χ3v) is 4.71. The number of hydrogen-bond donors (Lipinski definition) is 1. The highest BCUT2D eigenvalue weighted by atomic mass is 19.1. The van der Waals surface area contributed by atoms with Gasteiger partial charge in [-0.3, -0.25) is 0 Å². The number of ether oxygens (including phenoxy) is 1. The molecule has 1 aliphatic heterocycles. The molecule has 3 heterocycles. The lowest BCUT2D eigenvalue weighted by atomic mass is 10.0. The summed E-state index contributed by atoms with van der Waals surface area (Å²) in [5.41, 5.74) is 1.56. The van der Waals surface area contributed by atoms with E-state index in [2.05, 4.69) is 20.6 Å². The van der Waals surface area contributed by atoms with Crippen LogP contribution in [0.1, 0.15) is 18.0 Å². The van der Waals surface area contributed by atoms with E-state index in [-0.39, 0.29) is 11.9 Å². The largest absolute Gasteiger partial charge is 0.493 e. The van der Waals surface area contributed by atoms with Gasteiger partial charge in [0.25, 0.3) is 0 Å². The van der Waals surface area contributed by atoms with Gasteiger partial charge in [-0.25, -0.2) is 8.78 Å². The predicted octanol–water partition coefficient (Wildman–Crippen LogP) is 4.01. The third kappa shape index (κ3) is 2.83. The first-order chi connectivity index (χ1) is 13.7. The summed E-state index contributed by atoms with van der Waals surface area (Å²) in [6.45, 7) is 0.519. The van der Waals surface area contributed by atoms with Crippen LogP contribution in [0.15, 0.2) is 54.6 Å². The first-order valence-electron chi connectivity index (χ1n) is 8.85. The van der Waals surface area contributed by atoms with Crippen LogP contribution in [-0.4, -0.2) is 26.4 Å². The highest BCUT2D eigenvalue weighted by Crippen LogP contribution is 2.34. The molecule has 0 spiro atoms. The molecule has 4 aromatic rings. The molecule has 0 radical (unpaired) electrons. The number of hydrogen-bond acceptors (Lipinski definition) is 5. The van der Waals surface area contributed by atoms with Crippen molar-refractivity contribution in [2.45, 2.75) is 12.5 Å². The van der Waals surface area contributed by atoms with E-state index in [1.54, 1.807) is 36.4 Å². The molecule has 8 heteroatoms. The Morgan fingerprint density at radius 1 is 1.04 bits per heavy atom. The first-order valence-corrected chi connectivity index (χ1v) is 8.85. The van der Waals surface area contributed by atoms with E-state index in [9.17, 15) is 8.78 Å². The van der Waals surface area contributed by atoms with Crippen molar-refractivity contribution in [3.05, 3.63) is 71.8 Å². The normalized spacial score (nSPS) is 15.9. The van der Waals surface area contributed by atoms with Gasteiger partial charge in [-0.15, -0.1) is 15.3 Å². The van der Waals surface area contributed by atoms with Gasteiger partial charge in [0.15, 0.2) is 11.5 Å². The number of aromatic nitrogens is 4. The van der Waals surface area contributed by atoms with Gasteiger partial charge < -0.3 is 10.1 Å². The van der Waals surface area contributed by atoms with Gasteiger partial charge >= 0.3 is 0 Å². The second-order valence-corrected chi connectivity index (χ2v) is 6.51. The van der Waals surface area contributed by atoms with Crippen molar-refractivity contribution in [2.24, 2.45) is 0 Å². The van der Waals surface area contributed by atoms with Crippen LogP contribution in [-0.2, 0) is 0 Å². The van der Waals surface area contributed by atoms with Crippen LogP contribution in [0.2, 0.25) is 0 Å². The maximum absolute atomic E-state index is 14.2. The second-order valence-electron chi connectivity index (χ2n) is 6.51. The molecule has 1 N–H and O–H groups in total. The van der Waals surface area contributed by atoms with Crippen molar-refractivity contribution >= 4 is 11.5 Å². The SMILES string of the molecule is Fc1ccc2c(c1)C(Nc1ccc3nnc(-c4ccccc4F)n3n1)CCO2. The van der Waals surface area contributed by atoms with Gasteiger partial charge in [0, 0.05) is 12.0 Å². The Labute approximate surface area is 158 Å². The van der Waals surface area contributed by atoms with Crippen molar-refractivity contribution in [3.8, 4) is 17.1 Å². The van der Waals surface area contributed by atoms with E-state index >= 15 is 0 Å². The zero-order valence-electron chi connectivity index (χ0n) is 14.6. The summed E-state index contributed by atoms with van der Waals surface area (Å²) < 4.78 is 35.0. The fourth-order valence-corrected chi connectivity index (χ4v) is 3.37. The van der Waals surface area contributed by atoms with Gasteiger partial charge in [-0.05, 0) is 42.5 Å². The number of anilines is 1. The summed E-state index contributed by atoms with van der Waals surface area (Å²) in [6, 6.07) is 14.2. The molecular weight excluding hydrogens is 364 g/mol. The summed E-state index contributed by atoms with van der Waals surface area (Å²) in [5, 5.41) is 16.0. The third-order valence-electron chi connectivity index (χ3n) is 4.71. The molecule has 0 bridgehead atoms. The smallest absolute Gasteiger partial charge is 0.188 e. The molecule has 0 fully saturated rings. The Morgan fingerprint density at radius 3 is 2.82 bits per heavy atom. The standard InChI is InChI=1S/C20H15F2N5O/c21-12-5-6-17-14(11-12)16(9-10-28-17)23-18-7-8-19-24-25-20(27(19)26-18)13-3-1-2-4-15(13)22/h1-8,11,16H,9-10H2,(H,23,26). The number of benzene rings is 2. The zero-order chi connectivity index (χ0) is 19.1. The van der Waals surface area contributed by atoms with Crippen molar-refractivity contribution in [2.75, 3.05) is 11.9 Å². The second kappa shape index (κ2) is 6.56. The minimum atomic E-state index is -0.397. The van der Waals surface area contributed by atoms with E-state index in [1.165, 1.54) is 22.7 Å². The Kier molecular flexibility index (Phi) is 3.89. The molecule has 1 unspecified atom stereocenters. The van der Waals surface area contributed by atoms with E-state index < -0.39 is 5.82 Å². The van der Waals surface area contributed by atoms with Crippen LogP contribution in [0.3, 0.4) is 0 Å². The van der Waals surface area contributed by atoms with Crippen LogP contribution in [0, 0.1) is 11.6 Å². The molecule has 2 aromatic carbocycles. The molecule has 0 aliphatic carbocycles. The lowest BCUT2D eigenvalue weighted by Crippen LogP contribution is -2.21. The van der Waals surface area contributed by atoms with Crippen molar-refractivity contribution < 1.29 is 13.5 Å². The van der Waals surface area contributed by atoms with Gasteiger partial charge in [0.05, 0.1) is 18.2 Å². The summed E-state index contributed by atoms with van der Waals surface area (Å²) >= 11 is 0. The zero-order valence-corrected chi connectivity index (χ0v) is 14.6. The molecule has 28 heavy (non-hydrogen) atoms. The average molecular weight is 379 g/mol. The number of halogens is 2. The summed E-state index contributed by atoms with van der Waals surface area (Å²) in [4.78, 5) is 0. The quantitative estimate of drug-likeness (QED) is 0.583. The average Bonchev–Trinajstić information content (AvgIpc) is 3.12. The van der Waals surface area contributed by atoms with E-state index in [4.69, 9.17) is 4.74 Å². The van der Waals surface area contributed by atoms with E-state index in [0.29, 0.717) is 41.6 Å². The van der Waals surface area contributed by atoms with Crippen LogP contribution >= 0.6 is 0 Å². The number of nitrogens with zero attached hydrogens (tertiary/aromatic N) is 4. The van der Waals surface area contributed by atoms with Crippen LogP contribution in [0.4, 0.5) is 14.6 Å². The van der Waals surface area contributed by atoms with Crippen molar-refractivity contribution in [1.82, 2.24) is 19.8 Å². The summed E-state index contributed by atoms with van der Waals surface area (Å²) in [6.07, 6.45) is 0.665. The molecule has 0 saturated carbocycles. The lowest BCUT2D eigenvalue weighted by Gasteiger charge is -2.27. The van der Waals surface area contributed by atoms with Gasteiger partial charge in [0.2, 0.25) is 0 Å². The van der Waals surface area contributed by atoms with E-state index in [1.807, 2.05) is 0 Å².